The molecule has 0 amide bonds. The number of anilines is 1. The number of carboxylic acid groups (broad SMARTS) is 1. The van der Waals surface area contributed by atoms with Crippen LogP contribution in [0.2, 0.25) is 0 Å². The van der Waals surface area contributed by atoms with Crippen molar-refractivity contribution in [3.8, 4) is 0 Å². The van der Waals surface area contributed by atoms with Gasteiger partial charge in [-0.25, -0.2) is 4.79 Å². The van der Waals surface area contributed by atoms with Crippen LogP contribution in [0.3, 0.4) is 0 Å². The molecule has 2 N–H and O–H groups in total. The molecule has 2 rings (SSSR count). The normalized spacial score (nSPS) is 15.9. The zero-order valence-corrected chi connectivity index (χ0v) is 11.3. The van der Waals surface area contributed by atoms with E-state index in [1.807, 2.05) is 13.8 Å². The van der Waals surface area contributed by atoms with Crippen molar-refractivity contribution in [3.63, 3.8) is 0 Å². The molecule has 1 aliphatic carbocycles. The molecule has 0 unspecified atom stereocenters. The van der Waals surface area contributed by atoms with Crippen molar-refractivity contribution in [3.05, 3.63) is 28.2 Å². The van der Waals surface area contributed by atoms with Crippen molar-refractivity contribution >= 4 is 11.7 Å². The molecule has 0 aromatic carbocycles. The summed E-state index contributed by atoms with van der Waals surface area (Å²) in [6.45, 7) is 3.85. The van der Waals surface area contributed by atoms with E-state index in [-0.39, 0.29) is 23.2 Å². The van der Waals surface area contributed by atoms with E-state index in [1.54, 1.807) is 4.57 Å². The number of pyridine rings is 1. The van der Waals surface area contributed by atoms with Crippen LogP contribution in [-0.4, -0.2) is 21.7 Å². The Bertz CT molecular complexity index is 528. The number of aromatic nitrogens is 1. The summed E-state index contributed by atoms with van der Waals surface area (Å²) < 4.78 is 1.60. The molecule has 1 aromatic heterocycles. The number of nitrogens with one attached hydrogen (secondary N) is 1. The second kappa shape index (κ2) is 5.47. The van der Waals surface area contributed by atoms with Crippen molar-refractivity contribution in [2.75, 3.05) is 5.32 Å². The second-order valence-corrected chi connectivity index (χ2v) is 5.40. The van der Waals surface area contributed by atoms with Crippen molar-refractivity contribution < 1.29 is 9.90 Å². The van der Waals surface area contributed by atoms with Gasteiger partial charge < -0.3 is 15.0 Å². The third kappa shape index (κ3) is 2.97. The molecule has 1 heterocycles. The Kier molecular flexibility index (Phi) is 3.93. The van der Waals surface area contributed by atoms with Gasteiger partial charge in [-0.1, -0.05) is 12.8 Å². The van der Waals surface area contributed by atoms with Gasteiger partial charge in [0.1, 0.15) is 5.69 Å². The highest BCUT2D eigenvalue weighted by atomic mass is 16.4. The van der Waals surface area contributed by atoms with Crippen molar-refractivity contribution in [2.45, 2.75) is 51.6 Å². The monoisotopic (exact) mass is 264 g/mol. The molecule has 5 heteroatoms. The summed E-state index contributed by atoms with van der Waals surface area (Å²) >= 11 is 0. The number of rotatable bonds is 4. The highest BCUT2D eigenvalue weighted by Crippen LogP contribution is 2.28. The molecule has 0 aliphatic heterocycles. The molecule has 19 heavy (non-hydrogen) atoms. The maximum atomic E-state index is 12.4. The van der Waals surface area contributed by atoms with E-state index in [2.05, 4.69) is 5.32 Å². The van der Waals surface area contributed by atoms with Crippen LogP contribution in [0.25, 0.3) is 0 Å². The lowest BCUT2D eigenvalue weighted by atomic mass is 10.2. The number of hydrogen-bond acceptors (Lipinski definition) is 3. The lowest BCUT2D eigenvalue weighted by Crippen LogP contribution is -2.28. The zero-order chi connectivity index (χ0) is 14.0. The molecule has 0 saturated heterocycles. The maximum absolute atomic E-state index is 12.4. The predicted molar refractivity (Wildman–Crippen MR) is 73.9 cm³/mol. The minimum atomic E-state index is -1.00. The molecule has 0 atom stereocenters. The van der Waals surface area contributed by atoms with Crippen molar-refractivity contribution in [1.29, 1.82) is 0 Å². The Balaban J connectivity index is 2.48. The number of carbonyl (C=O) groups is 1. The molecule has 1 saturated carbocycles. The standard InChI is InChI=1S/C14H20N2O3/c1-9(2)15-12-7-10(14(18)19)8-16(13(12)17)11-5-3-4-6-11/h7-9,11,15H,3-6H2,1-2H3,(H,18,19). The van der Waals surface area contributed by atoms with E-state index < -0.39 is 5.97 Å². The van der Waals surface area contributed by atoms with Crippen LogP contribution in [0.15, 0.2) is 17.1 Å². The molecule has 1 fully saturated rings. The van der Waals surface area contributed by atoms with Crippen LogP contribution in [0.1, 0.15) is 55.9 Å². The van der Waals surface area contributed by atoms with Crippen molar-refractivity contribution in [1.82, 2.24) is 4.57 Å². The highest BCUT2D eigenvalue weighted by Gasteiger charge is 2.21. The van der Waals surface area contributed by atoms with Gasteiger partial charge in [-0.2, -0.15) is 0 Å². The first-order chi connectivity index (χ1) is 8.99. The average molecular weight is 264 g/mol. The minimum absolute atomic E-state index is 0.0915. The van der Waals surface area contributed by atoms with Crippen molar-refractivity contribution in [2.24, 2.45) is 0 Å². The molecule has 0 spiro atoms. The Labute approximate surface area is 112 Å². The average Bonchev–Trinajstić information content (AvgIpc) is 2.84. The molecular formula is C14H20N2O3. The van der Waals surface area contributed by atoms with E-state index in [0.717, 1.165) is 25.7 Å². The molecule has 1 aromatic rings. The van der Waals surface area contributed by atoms with Gasteiger partial charge in [0, 0.05) is 18.3 Å². The van der Waals surface area contributed by atoms with Gasteiger partial charge in [0.2, 0.25) is 0 Å². The third-order valence-corrected chi connectivity index (χ3v) is 3.45. The number of nitrogens with zero attached hydrogens (tertiary/aromatic N) is 1. The molecule has 104 valence electrons. The van der Waals surface area contributed by atoms with Crippen LogP contribution >= 0.6 is 0 Å². The fourth-order valence-electron chi connectivity index (χ4n) is 2.59. The number of aromatic carboxylic acids is 1. The quantitative estimate of drug-likeness (QED) is 0.876. The molecule has 0 radical (unpaired) electrons. The topological polar surface area (TPSA) is 71.3 Å². The lowest BCUT2D eigenvalue weighted by molar-refractivity contribution is 0.0695. The molecule has 1 aliphatic rings. The van der Waals surface area contributed by atoms with E-state index in [4.69, 9.17) is 5.11 Å². The Morgan fingerprint density at radius 2 is 2.05 bits per heavy atom. The Morgan fingerprint density at radius 3 is 2.58 bits per heavy atom. The van der Waals surface area contributed by atoms with Gasteiger partial charge in [0.15, 0.2) is 0 Å². The summed E-state index contributed by atoms with van der Waals surface area (Å²) in [5.74, 6) is -1.00. The lowest BCUT2D eigenvalue weighted by Gasteiger charge is -2.17. The first kappa shape index (κ1) is 13.6. The Morgan fingerprint density at radius 1 is 1.42 bits per heavy atom. The van der Waals surface area contributed by atoms with Crippen LogP contribution in [0.4, 0.5) is 5.69 Å². The summed E-state index contributed by atoms with van der Waals surface area (Å²) in [5.41, 5.74) is 0.419. The smallest absolute Gasteiger partial charge is 0.337 e. The van der Waals surface area contributed by atoms with Crippen LogP contribution in [-0.2, 0) is 0 Å². The van der Waals surface area contributed by atoms with Gasteiger partial charge in [-0.3, -0.25) is 4.79 Å². The van der Waals surface area contributed by atoms with E-state index in [1.165, 1.54) is 12.3 Å². The van der Waals surface area contributed by atoms with Gasteiger partial charge in [-0.05, 0) is 32.8 Å². The van der Waals surface area contributed by atoms with E-state index in [9.17, 15) is 9.59 Å². The van der Waals surface area contributed by atoms with Gasteiger partial charge in [0.05, 0.1) is 5.56 Å². The largest absolute Gasteiger partial charge is 0.478 e. The Hall–Kier alpha value is -1.78. The van der Waals surface area contributed by atoms with Crippen LogP contribution in [0, 0.1) is 0 Å². The fraction of sp³-hybridized carbons (Fsp3) is 0.571. The van der Waals surface area contributed by atoms with Gasteiger partial charge in [-0.15, -0.1) is 0 Å². The van der Waals surface area contributed by atoms with Gasteiger partial charge >= 0.3 is 5.97 Å². The molecular weight excluding hydrogens is 244 g/mol. The molecule has 5 nitrogen and oxygen atoms in total. The van der Waals surface area contributed by atoms with E-state index in [0.29, 0.717) is 5.69 Å². The van der Waals surface area contributed by atoms with Crippen LogP contribution < -0.4 is 10.9 Å². The summed E-state index contributed by atoms with van der Waals surface area (Å²) in [5, 5.41) is 12.2. The summed E-state index contributed by atoms with van der Waals surface area (Å²) in [6.07, 6.45) is 5.57. The SMILES string of the molecule is CC(C)Nc1cc(C(=O)O)cn(C2CCCC2)c1=O. The van der Waals surface area contributed by atoms with E-state index >= 15 is 0 Å². The fourth-order valence-corrected chi connectivity index (χ4v) is 2.59. The van der Waals surface area contributed by atoms with Crippen LogP contribution in [0.5, 0.6) is 0 Å². The number of carboxylic acids is 1. The van der Waals surface area contributed by atoms with Gasteiger partial charge in [0.25, 0.3) is 5.56 Å². The predicted octanol–water partition coefficient (Wildman–Crippen LogP) is 2.48. The summed E-state index contributed by atoms with van der Waals surface area (Å²) in [4.78, 5) is 23.5. The maximum Gasteiger partial charge on any atom is 0.337 e. The zero-order valence-electron chi connectivity index (χ0n) is 11.3. The summed E-state index contributed by atoms with van der Waals surface area (Å²) in [7, 11) is 0. The molecule has 0 bridgehead atoms. The second-order valence-electron chi connectivity index (χ2n) is 5.40. The first-order valence-electron chi connectivity index (χ1n) is 6.75. The summed E-state index contributed by atoms with van der Waals surface area (Å²) in [6, 6.07) is 1.66. The third-order valence-electron chi connectivity index (χ3n) is 3.45. The minimum Gasteiger partial charge on any atom is -0.478 e. The number of hydrogen-bond donors (Lipinski definition) is 2. The first-order valence-corrected chi connectivity index (χ1v) is 6.75. The highest BCUT2D eigenvalue weighted by molar-refractivity contribution is 5.88.